The summed E-state index contributed by atoms with van der Waals surface area (Å²) < 4.78 is 6.79. The monoisotopic (exact) mass is 268 g/mol. The van der Waals surface area contributed by atoms with E-state index in [0.717, 1.165) is 4.47 Å². The van der Waals surface area contributed by atoms with Crippen molar-refractivity contribution in [3.8, 4) is 0 Å². The minimum absolute atomic E-state index is 0.282. The predicted molar refractivity (Wildman–Crippen MR) is 65.9 cm³/mol. The van der Waals surface area contributed by atoms with Gasteiger partial charge in [-0.2, -0.15) is 0 Å². The summed E-state index contributed by atoms with van der Waals surface area (Å²) >= 11 is 3.51. The molecule has 15 heavy (non-hydrogen) atoms. The van der Waals surface area contributed by atoms with Crippen molar-refractivity contribution in [1.29, 1.82) is 0 Å². The van der Waals surface area contributed by atoms with Crippen molar-refractivity contribution in [2.24, 2.45) is 5.92 Å². The lowest BCUT2D eigenvalue weighted by molar-refractivity contribution is 0.0535. The van der Waals surface area contributed by atoms with Gasteiger partial charge < -0.3 is 4.74 Å². The molecule has 1 unspecified atom stereocenters. The van der Waals surface area contributed by atoms with E-state index in [0.29, 0.717) is 5.92 Å². The first-order chi connectivity index (χ1) is 7.31. The van der Waals surface area contributed by atoms with Crippen LogP contribution in [-0.2, 0) is 4.74 Å². The summed E-state index contributed by atoms with van der Waals surface area (Å²) in [6.45, 7) is 0. The highest BCUT2D eigenvalue weighted by Crippen LogP contribution is 2.38. The van der Waals surface area contributed by atoms with Crippen LogP contribution in [0, 0.1) is 5.92 Å². The van der Waals surface area contributed by atoms with Crippen LogP contribution in [0.3, 0.4) is 0 Å². The average Bonchev–Trinajstić information content (AvgIpc) is 2.72. The first-order valence-corrected chi connectivity index (χ1v) is 6.39. The van der Waals surface area contributed by atoms with Gasteiger partial charge in [0.2, 0.25) is 0 Å². The Bertz CT molecular complexity index is 318. The number of hydrogen-bond acceptors (Lipinski definition) is 1. The summed E-state index contributed by atoms with van der Waals surface area (Å²) in [5, 5.41) is 0. The normalized spacial score (nSPS) is 19.3. The number of hydrogen-bond donors (Lipinski definition) is 0. The van der Waals surface area contributed by atoms with Gasteiger partial charge in [0.15, 0.2) is 0 Å². The third kappa shape index (κ3) is 2.61. The molecule has 1 aliphatic rings. The molecule has 82 valence electrons. The summed E-state index contributed by atoms with van der Waals surface area (Å²) in [6, 6.07) is 8.48. The van der Waals surface area contributed by atoms with Gasteiger partial charge in [-0.1, -0.05) is 40.9 Å². The number of benzene rings is 1. The summed E-state index contributed by atoms with van der Waals surface area (Å²) in [4.78, 5) is 0. The van der Waals surface area contributed by atoms with Crippen molar-refractivity contribution in [2.75, 3.05) is 7.11 Å². The molecule has 1 saturated carbocycles. The molecule has 1 aromatic rings. The molecule has 1 aromatic carbocycles. The molecule has 1 fully saturated rings. The van der Waals surface area contributed by atoms with Gasteiger partial charge in [0, 0.05) is 11.6 Å². The molecule has 0 aromatic heterocycles. The molecule has 0 aliphatic heterocycles. The Hall–Kier alpha value is -0.340. The van der Waals surface area contributed by atoms with E-state index in [-0.39, 0.29) is 6.10 Å². The van der Waals surface area contributed by atoms with E-state index in [1.165, 1.54) is 31.2 Å². The first-order valence-electron chi connectivity index (χ1n) is 5.59. The van der Waals surface area contributed by atoms with Crippen molar-refractivity contribution >= 4 is 15.9 Å². The van der Waals surface area contributed by atoms with Gasteiger partial charge in [0.1, 0.15) is 0 Å². The molecule has 0 spiro atoms. The smallest absolute Gasteiger partial charge is 0.0849 e. The summed E-state index contributed by atoms with van der Waals surface area (Å²) in [5.74, 6) is 0.712. The van der Waals surface area contributed by atoms with Gasteiger partial charge in [-0.25, -0.2) is 0 Å². The van der Waals surface area contributed by atoms with Crippen LogP contribution in [0.2, 0.25) is 0 Å². The van der Waals surface area contributed by atoms with Gasteiger partial charge in [0.05, 0.1) is 6.10 Å². The average molecular weight is 269 g/mol. The Labute approximate surface area is 100.0 Å². The third-order valence-electron chi connectivity index (χ3n) is 3.26. The van der Waals surface area contributed by atoms with E-state index in [1.54, 1.807) is 0 Å². The molecule has 0 radical (unpaired) electrons. The molecular formula is C13H17BrO. The fourth-order valence-electron chi connectivity index (χ4n) is 2.54. The van der Waals surface area contributed by atoms with E-state index in [4.69, 9.17) is 4.74 Å². The molecule has 0 N–H and O–H groups in total. The standard InChI is InChI=1S/C13H17BrO/c1-15-13(10-5-2-3-6-10)11-7-4-8-12(14)9-11/h4,7-10,13H,2-3,5-6H2,1H3. The van der Waals surface area contributed by atoms with Crippen LogP contribution in [0.1, 0.15) is 37.4 Å². The number of methoxy groups -OCH3 is 1. The van der Waals surface area contributed by atoms with Crippen molar-refractivity contribution < 1.29 is 4.74 Å². The first kappa shape index (κ1) is 11.2. The van der Waals surface area contributed by atoms with Crippen molar-refractivity contribution in [1.82, 2.24) is 0 Å². The SMILES string of the molecule is COC(c1cccc(Br)c1)C1CCCC1. The molecule has 0 amide bonds. The fourth-order valence-corrected chi connectivity index (χ4v) is 2.96. The maximum atomic E-state index is 5.65. The van der Waals surface area contributed by atoms with E-state index < -0.39 is 0 Å². The molecule has 2 heteroatoms. The molecule has 1 aliphatic carbocycles. The zero-order valence-corrected chi connectivity index (χ0v) is 10.7. The number of ether oxygens (including phenoxy) is 1. The maximum absolute atomic E-state index is 5.65. The zero-order chi connectivity index (χ0) is 10.7. The lowest BCUT2D eigenvalue weighted by Gasteiger charge is -2.22. The van der Waals surface area contributed by atoms with Gasteiger partial charge in [-0.05, 0) is 36.5 Å². The quantitative estimate of drug-likeness (QED) is 0.793. The van der Waals surface area contributed by atoms with E-state index in [9.17, 15) is 0 Å². The van der Waals surface area contributed by atoms with E-state index in [1.807, 2.05) is 7.11 Å². The fraction of sp³-hybridized carbons (Fsp3) is 0.538. The van der Waals surface area contributed by atoms with E-state index >= 15 is 0 Å². The molecular weight excluding hydrogens is 252 g/mol. The van der Waals surface area contributed by atoms with Gasteiger partial charge >= 0.3 is 0 Å². The number of rotatable bonds is 3. The predicted octanol–water partition coefficient (Wildman–Crippen LogP) is 4.33. The molecule has 2 rings (SSSR count). The minimum Gasteiger partial charge on any atom is -0.376 e. The lowest BCUT2D eigenvalue weighted by Crippen LogP contribution is -2.11. The Morgan fingerprint density at radius 1 is 1.33 bits per heavy atom. The van der Waals surface area contributed by atoms with Crippen LogP contribution in [0.4, 0.5) is 0 Å². The second-order valence-electron chi connectivity index (χ2n) is 4.26. The summed E-state index contributed by atoms with van der Waals surface area (Å²) in [7, 11) is 1.82. The lowest BCUT2D eigenvalue weighted by atomic mass is 9.94. The Balaban J connectivity index is 2.18. The highest BCUT2D eigenvalue weighted by molar-refractivity contribution is 9.10. The van der Waals surface area contributed by atoms with Gasteiger partial charge in [0.25, 0.3) is 0 Å². The van der Waals surface area contributed by atoms with Crippen molar-refractivity contribution in [3.63, 3.8) is 0 Å². The van der Waals surface area contributed by atoms with Crippen LogP contribution in [0.5, 0.6) is 0 Å². The highest BCUT2D eigenvalue weighted by atomic mass is 79.9. The van der Waals surface area contributed by atoms with Gasteiger partial charge in [-0.3, -0.25) is 0 Å². The maximum Gasteiger partial charge on any atom is 0.0849 e. The van der Waals surface area contributed by atoms with Crippen LogP contribution in [0.15, 0.2) is 28.7 Å². The molecule has 0 bridgehead atoms. The van der Waals surface area contributed by atoms with Crippen LogP contribution >= 0.6 is 15.9 Å². The van der Waals surface area contributed by atoms with Crippen molar-refractivity contribution in [3.05, 3.63) is 34.3 Å². The molecule has 1 nitrogen and oxygen atoms in total. The van der Waals surface area contributed by atoms with Crippen molar-refractivity contribution in [2.45, 2.75) is 31.8 Å². The third-order valence-corrected chi connectivity index (χ3v) is 3.75. The molecule has 1 atom stereocenters. The Morgan fingerprint density at radius 2 is 2.07 bits per heavy atom. The second-order valence-corrected chi connectivity index (χ2v) is 5.17. The van der Waals surface area contributed by atoms with Crippen LogP contribution < -0.4 is 0 Å². The molecule has 0 saturated heterocycles. The number of halogens is 1. The zero-order valence-electron chi connectivity index (χ0n) is 9.08. The van der Waals surface area contributed by atoms with Crippen LogP contribution in [0.25, 0.3) is 0 Å². The van der Waals surface area contributed by atoms with Crippen LogP contribution in [-0.4, -0.2) is 7.11 Å². The van der Waals surface area contributed by atoms with Gasteiger partial charge in [-0.15, -0.1) is 0 Å². The second kappa shape index (κ2) is 5.13. The summed E-state index contributed by atoms with van der Waals surface area (Å²) in [6.07, 6.45) is 5.62. The minimum atomic E-state index is 0.282. The Morgan fingerprint density at radius 3 is 2.67 bits per heavy atom. The summed E-state index contributed by atoms with van der Waals surface area (Å²) in [5.41, 5.74) is 1.30. The molecule has 0 heterocycles. The topological polar surface area (TPSA) is 9.23 Å². The van der Waals surface area contributed by atoms with E-state index in [2.05, 4.69) is 40.2 Å². The Kier molecular flexibility index (Phi) is 3.81. The largest absolute Gasteiger partial charge is 0.376 e. The highest BCUT2D eigenvalue weighted by Gasteiger charge is 2.26.